The van der Waals surface area contributed by atoms with E-state index in [0.29, 0.717) is 18.2 Å². The Hall–Kier alpha value is -1.78. The first-order valence-electron chi connectivity index (χ1n) is 7.91. The van der Waals surface area contributed by atoms with Gasteiger partial charge in [-0.05, 0) is 12.1 Å². The van der Waals surface area contributed by atoms with Crippen LogP contribution in [0.2, 0.25) is 0 Å². The van der Waals surface area contributed by atoms with Crippen LogP contribution in [0.1, 0.15) is 0 Å². The Balaban J connectivity index is 1.49. The molecule has 1 aliphatic heterocycles. The second-order valence-electron chi connectivity index (χ2n) is 5.38. The second-order valence-corrected chi connectivity index (χ2v) is 8.89. The van der Waals surface area contributed by atoms with Crippen LogP contribution in [0.4, 0.5) is 10.8 Å². The van der Waals surface area contributed by atoms with E-state index in [0.717, 1.165) is 15.8 Å². The number of ether oxygens (including phenoxy) is 1. The lowest BCUT2D eigenvalue weighted by Gasteiger charge is -2.30. The number of para-hydroxylation sites is 1. The molecule has 2 aromatic rings. The summed E-state index contributed by atoms with van der Waals surface area (Å²) in [5.74, 6) is 0.733. The van der Waals surface area contributed by atoms with Gasteiger partial charge in [0.2, 0.25) is 11.0 Å². The standard InChI is InChI=1S/C16H18N4O3S3/c1-23-14(22)12-9-20(7-8-24-12)13(21)10-25-16-19-18-15(26-16)17-11-5-3-2-4-6-11/h2-6,12H,7-10H2,1H3,(H,17,18)/t12-/m1/s1. The highest BCUT2D eigenvalue weighted by atomic mass is 32.2. The first-order chi connectivity index (χ1) is 12.7. The summed E-state index contributed by atoms with van der Waals surface area (Å²) < 4.78 is 5.50. The van der Waals surface area contributed by atoms with Gasteiger partial charge in [-0.2, -0.15) is 0 Å². The molecule has 0 radical (unpaired) electrons. The van der Waals surface area contributed by atoms with E-state index in [1.165, 1.54) is 42.0 Å². The Morgan fingerprint density at radius 2 is 2.15 bits per heavy atom. The van der Waals surface area contributed by atoms with Crippen LogP contribution >= 0.6 is 34.9 Å². The maximum Gasteiger partial charge on any atom is 0.320 e. The molecule has 10 heteroatoms. The third-order valence-corrected chi connectivity index (χ3v) is 6.75. The summed E-state index contributed by atoms with van der Waals surface area (Å²) in [4.78, 5) is 25.8. The van der Waals surface area contributed by atoms with Crippen LogP contribution in [0.25, 0.3) is 0 Å². The van der Waals surface area contributed by atoms with Crippen LogP contribution in [0.15, 0.2) is 34.7 Å². The largest absolute Gasteiger partial charge is 0.468 e. The maximum absolute atomic E-state index is 12.4. The molecule has 3 rings (SSSR count). The van der Waals surface area contributed by atoms with Gasteiger partial charge in [0.1, 0.15) is 5.25 Å². The van der Waals surface area contributed by atoms with E-state index in [1.807, 2.05) is 30.3 Å². The minimum atomic E-state index is -0.300. The van der Waals surface area contributed by atoms with E-state index >= 15 is 0 Å². The molecule has 1 aliphatic rings. The number of hydrogen-bond donors (Lipinski definition) is 1. The number of carbonyl (C=O) groups excluding carboxylic acids is 2. The number of amides is 1. The van der Waals surface area contributed by atoms with E-state index in [2.05, 4.69) is 15.5 Å². The van der Waals surface area contributed by atoms with Gasteiger partial charge in [0.05, 0.1) is 12.9 Å². The van der Waals surface area contributed by atoms with Gasteiger partial charge in [0.25, 0.3) is 0 Å². The van der Waals surface area contributed by atoms with Crippen LogP contribution in [0.5, 0.6) is 0 Å². The van der Waals surface area contributed by atoms with Crippen molar-refractivity contribution in [1.29, 1.82) is 0 Å². The highest BCUT2D eigenvalue weighted by Crippen LogP contribution is 2.28. The minimum Gasteiger partial charge on any atom is -0.468 e. The highest BCUT2D eigenvalue weighted by Gasteiger charge is 2.29. The predicted octanol–water partition coefficient (Wildman–Crippen LogP) is 2.49. The first-order valence-corrected chi connectivity index (χ1v) is 10.8. The van der Waals surface area contributed by atoms with Crippen molar-refractivity contribution in [3.8, 4) is 0 Å². The van der Waals surface area contributed by atoms with E-state index in [9.17, 15) is 9.59 Å². The number of rotatable bonds is 6. The molecule has 1 aromatic carbocycles. The summed E-state index contributed by atoms with van der Waals surface area (Å²) in [6.45, 7) is 1.04. The molecule has 1 atom stereocenters. The third-order valence-electron chi connectivity index (χ3n) is 3.63. The number of nitrogens with zero attached hydrogens (tertiary/aromatic N) is 3. The number of anilines is 2. The Morgan fingerprint density at radius 1 is 1.35 bits per heavy atom. The Bertz CT molecular complexity index is 756. The monoisotopic (exact) mass is 410 g/mol. The molecule has 138 valence electrons. The number of esters is 1. The van der Waals surface area contributed by atoms with Crippen molar-refractivity contribution in [2.45, 2.75) is 9.59 Å². The van der Waals surface area contributed by atoms with Gasteiger partial charge >= 0.3 is 5.97 Å². The van der Waals surface area contributed by atoms with Gasteiger partial charge in [-0.3, -0.25) is 9.59 Å². The molecule has 0 bridgehead atoms. The first kappa shape index (κ1) is 19.0. The van der Waals surface area contributed by atoms with Gasteiger partial charge in [-0.15, -0.1) is 22.0 Å². The number of aromatic nitrogens is 2. The average molecular weight is 411 g/mol. The third kappa shape index (κ3) is 5.12. The molecular formula is C16H18N4O3S3. The van der Waals surface area contributed by atoms with E-state index in [-0.39, 0.29) is 22.9 Å². The zero-order chi connectivity index (χ0) is 18.4. The smallest absolute Gasteiger partial charge is 0.320 e. The summed E-state index contributed by atoms with van der Waals surface area (Å²) in [5.41, 5.74) is 0.941. The molecule has 1 amide bonds. The fraction of sp³-hybridized carbons (Fsp3) is 0.375. The second kappa shape index (κ2) is 9.24. The number of benzene rings is 1. The quantitative estimate of drug-likeness (QED) is 0.574. The fourth-order valence-electron chi connectivity index (χ4n) is 2.33. The van der Waals surface area contributed by atoms with Crippen LogP contribution < -0.4 is 5.32 Å². The van der Waals surface area contributed by atoms with Gasteiger partial charge in [-0.1, -0.05) is 41.3 Å². The van der Waals surface area contributed by atoms with Crippen molar-refractivity contribution in [2.24, 2.45) is 0 Å². The zero-order valence-electron chi connectivity index (χ0n) is 14.1. The molecule has 7 nitrogen and oxygen atoms in total. The number of methoxy groups -OCH3 is 1. The van der Waals surface area contributed by atoms with Gasteiger partial charge in [-0.25, -0.2) is 0 Å². The minimum absolute atomic E-state index is 0.00280. The molecule has 26 heavy (non-hydrogen) atoms. The molecule has 1 saturated heterocycles. The normalized spacial score (nSPS) is 17.0. The van der Waals surface area contributed by atoms with Crippen molar-refractivity contribution >= 4 is 57.6 Å². The van der Waals surface area contributed by atoms with Crippen LogP contribution in [0, 0.1) is 0 Å². The van der Waals surface area contributed by atoms with Crippen molar-refractivity contribution in [3.05, 3.63) is 30.3 Å². The molecule has 0 spiro atoms. The summed E-state index contributed by atoms with van der Waals surface area (Å²) in [6.07, 6.45) is 0. The lowest BCUT2D eigenvalue weighted by Crippen LogP contribution is -2.45. The molecule has 2 heterocycles. The molecule has 0 unspecified atom stereocenters. The van der Waals surface area contributed by atoms with Crippen molar-refractivity contribution < 1.29 is 14.3 Å². The Labute approximate surface area is 163 Å². The van der Waals surface area contributed by atoms with Gasteiger partial charge in [0.15, 0.2) is 4.34 Å². The number of thioether (sulfide) groups is 2. The van der Waals surface area contributed by atoms with E-state index in [4.69, 9.17) is 4.74 Å². The lowest BCUT2D eigenvalue weighted by atomic mass is 10.3. The molecule has 1 aromatic heterocycles. The lowest BCUT2D eigenvalue weighted by molar-refractivity contribution is -0.141. The molecular weight excluding hydrogens is 392 g/mol. The zero-order valence-corrected chi connectivity index (χ0v) is 16.5. The van der Waals surface area contributed by atoms with Crippen molar-refractivity contribution in [1.82, 2.24) is 15.1 Å². The molecule has 1 N–H and O–H groups in total. The Kier molecular flexibility index (Phi) is 6.75. The molecule has 0 aliphatic carbocycles. The van der Waals surface area contributed by atoms with E-state index < -0.39 is 0 Å². The van der Waals surface area contributed by atoms with Gasteiger partial charge in [0, 0.05) is 24.5 Å². The average Bonchev–Trinajstić information content (AvgIpc) is 3.13. The van der Waals surface area contributed by atoms with Crippen molar-refractivity contribution in [2.75, 3.05) is 37.0 Å². The van der Waals surface area contributed by atoms with Gasteiger partial charge < -0.3 is 15.0 Å². The highest BCUT2D eigenvalue weighted by molar-refractivity contribution is 8.01. The molecule has 0 saturated carbocycles. The number of hydrogen-bond acceptors (Lipinski definition) is 9. The summed E-state index contributed by atoms with van der Waals surface area (Å²) in [5, 5.41) is 11.8. The predicted molar refractivity (Wildman–Crippen MR) is 105 cm³/mol. The number of nitrogens with one attached hydrogen (secondary N) is 1. The van der Waals surface area contributed by atoms with E-state index in [1.54, 1.807) is 4.90 Å². The van der Waals surface area contributed by atoms with Crippen molar-refractivity contribution in [3.63, 3.8) is 0 Å². The van der Waals surface area contributed by atoms with Crippen LogP contribution in [0.3, 0.4) is 0 Å². The summed E-state index contributed by atoms with van der Waals surface area (Å²) in [6, 6.07) is 9.72. The van der Waals surface area contributed by atoms with Crippen LogP contribution in [-0.2, 0) is 14.3 Å². The fourth-order valence-corrected chi connectivity index (χ4v) is 5.13. The number of carbonyl (C=O) groups is 2. The molecule has 1 fully saturated rings. The Morgan fingerprint density at radius 3 is 2.92 bits per heavy atom. The maximum atomic E-state index is 12.4. The summed E-state index contributed by atoms with van der Waals surface area (Å²) in [7, 11) is 1.37. The summed E-state index contributed by atoms with van der Waals surface area (Å²) >= 11 is 4.30. The topological polar surface area (TPSA) is 84.4 Å². The SMILES string of the molecule is COC(=O)[C@H]1CN(C(=O)CSc2nnc(Nc3ccccc3)s2)CCS1. The van der Waals surface area contributed by atoms with Crippen LogP contribution in [-0.4, -0.2) is 63.9 Å².